The Balaban J connectivity index is 1.90. The first-order chi connectivity index (χ1) is 11.6. The van der Waals surface area contributed by atoms with Crippen LogP contribution in [0.4, 0.5) is 0 Å². The number of benzene rings is 3. The van der Waals surface area contributed by atoms with Crippen molar-refractivity contribution in [2.45, 2.75) is 0 Å². The van der Waals surface area contributed by atoms with Crippen molar-refractivity contribution < 1.29 is 19.0 Å². The molecule has 0 saturated heterocycles. The molecular weight excluding hydrogens is 372 g/mol. The second kappa shape index (κ2) is 6.93. The molecule has 0 saturated carbocycles. The minimum Gasteiger partial charge on any atom is -0.497 e. The van der Waals surface area contributed by atoms with Crippen molar-refractivity contribution >= 4 is 32.7 Å². The number of halogens is 1. The van der Waals surface area contributed by atoms with Gasteiger partial charge < -0.3 is 14.2 Å². The average Bonchev–Trinajstić information content (AvgIpc) is 2.61. The Kier molecular flexibility index (Phi) is 4.71. The normalized spacial score (nSPS) is 10.5. The number of ether oxygens (including phenoxy) is 3. The lowest BCUT2D eigenvalue weighted by Gasteiger charge is -2.10. The van der Waals surface area contributed by atoms with Crippen LogP contribution >= 0.6 is 15.9 Å². The van der Waals surface area contributed by atoms with E-state index >= 15 is 0 Å². The summed E-state index contributed by atoms with van der Waals surface area (Å²) >= 11 is 3.44. The highest BCUT2D eigenvalue weighted by atomic mass is 79.9. The van der Waals surface area contributed by atoms with Crippen LogP contribution in [-0.4, -0.2) is 20.2 Å². The van der Waals surface area contributed by atoms with Gasteiger partial charge in [-0.25, -0.2) is 4.79 Å². The topological polar surface area (TPSA) is 44.8 Å². The van der Waals surface area contributed by atoms with E-state index in [1.54, 1.807) is 31.4 Å². The van der Waals surface area contributed by atoms with E-state index in [1.165, 1.54) is 7.11 Å². The number of fused-ring (bicyclic) bond motifs is 1. The smallest absolute Gasteiger partial charge is 0.347 e. The Morgan fingerprint density at radius 2 is 1.54 bits per heavy atom. The molecule has 3 rings (SSSR count). The summed E-state index contributed by atoms with van der Waals surface area (Å²) in [5, 5.41) is 2.05. The number of hydrogen-bond donors (Lipinski definition) is 0. The van der Waals surface area contributed by atoms with Crippen molar-refractivity contribution in [2.24, 2.45) is 0 Å². The molecule has 0 N–H and O–H groups in total. The molecule has 0 aliphatic rings. The molecule has 0 atom stereocenters. The Morgan fingerprint density at radius 1 is 0.833 bits per heavy atom. The highest BCUT2D eigenvalue weighted by Gasteiger charge is 2.16. The molecular formula is C19H15BrO4. The number of hydrogen-bond acceptors (Lipinski definition) is 4. The van der Waals surface area contributed by atoms with Gasteiger partial charge in [-0.15, -0.1) is 0 Å². The molecule has 24 heavy (non-hydrogen) atoms. The Hall–Kier alpha value is -2.53. The third kappa shape index (κ3) is 3.36. The predicted octanol–water partition coefficient (Wildman–Crippen LogP) is 4.84. The largest absolute Gasteiger partial charge is 0.497 e. The maximum atomic E-state index is 12.5. The van der Waals surface area contributed by atoms with Crippen molar-refractivity contribution in [1.29, 1.82) is 0 Å². The number of methoxy groups -OCH3 is 2. The highest BCUT2D eigenvalue weighted by Crippen LogP contribution is 2.27. The third-order valence-corrected chi connectivity index (χ3v) is 4.10. The van der Waals surface area contributed by atoms with Crippen LogP contribution in [0.2, 0.25) is 0 Å². The zero-order valence-corrected chi connectivity index (χ0v) is 14.8. The van der Waals surface area contributed by atoms with Crippen LogP contribution < -0.4 is 14.2 Å². The van der Waals surface area contributed by atoms with Crippen molar-refractivity contribution in [2.75, 3.05) is 14.2 Å². The summed E-state index contributed by atoms with van der Waals surface area (Å²) in [5.41, 5.74) is 0.313. The van der Waals surface area contributed by atoms with Crippen LogP contribution in [-0.2, 0) is 0 Å². The van der Waals surface area contributed by atoms with Crippen LogP contribution in [0.1, 0.15) is 10.4 Å². The SMILES string of the molecule is COc1ccc(OC)c(C(=O)Oc2ccc3cc(Br)ccc3c2)c1. The zero-order chi connectivity index (χ0) is 17.1. The van der Waals surface area contributed by atoms with Gasteiger partial charge in [-0.1, -0.05) is 28.1 Å². The fourth-order valence-electron chi connectivity index (χ4n) is 2.39. The van der Waals surface area contributed by atoms with Gasteiger partial charge in [0, 0.05) is 4.47 Å². The third-order valence-electron chi connectivity index (χ3n) is 3.61. The summed E-state index contributed by atoms with van der Waals surface area (Å²) in [6.07, 6.45) is 0. The summed E-state index contributed by atoms with van der Waals surface area (Å²) in [5.74, 6) is 0.971. The highest BCUT2D eigenvalue weighted by molar-refractivity contribution is 9.10. The summed E-state index contributed by atoms with van der Waals surface area (Å²) < 4.78 is 16.9. The molecule has 0 aliphatic heterocycles. The first-order valence-electron chi connectivity index (χ1n) is 7.24. The van der Waals surface area contributed by atoms with E-state index < -0.39 is 5.97 Å². The molecule has 0 amide bonds. The van der Waals surface area contributed by atoms with E-state index in [0.29, 0.717) is 22.8 Å². The Labute approximate surface area is 148 Å². The van der Waals surface area contributed by atoms with Gasteiger partial charge >= 0.3 is 5.97 Å². The van der Waals surface area contributed by atoms with Gasteiger partial charge in [0.2, 0.25) is 0 Å². The Morgan fingerprint density at radius 3 is 2.29 bits per heavy atom. The molecule has 0 radical (unpaired) electrons. The van der Waals surface area contributed by atoms with Gasteiger partial charge in [-0.2, -0.15) is 0 Å². The minimum atomic E-state index is -0.498. The minimum absolute atomic E-state index is 0.313. The van der Waals surface area contributed by atoms with Crippen LogP contribution in [0.15, 0.2) is 59.1 Å². The van der Waals surface area contributed by atoms with Gasteiger partial charge in [0.15, 0.2) is 0 Å². The van der Waals surface area contributed by atoms with E-state index in [-0.39, 0.29) is 0 Å². The lowest BCUT2D eigenvalue weighted by atomic mass is 10.1. The van der Waals surface area contributed by atoms with Gasteiger partial charge in [0.25, 0.3) is 0 Å². The van der Waals surface area contributed by atoms with Gasteiger partial charge in [-0.05, 0) is 53.2 Å². The molecule has 0 heterocycles. The van der Waals surface area contributed by atoms with Crippen LogP contribution in [0.25, 0.3) is 10.8 Å². The van der Waals surface area contributed by atoms with Gasteiger partial charge in [0.05, 0.1) is 14.2 Å². The lowest BCUT2D eigenvalue weighted by molar-refractivity contribution is 0.0731. The number of carbonyl (C=O) groups excluding carboxylic acids is 1. The molecule has 0 aromatic heterocycles. The van der Waals surface area contributed by atoms with Crippen LogP contribution in [0, 0.1) is 0 Å². The fourth-order valence-corrected chi connectivity index (χ4v) is 2.77. The zero-order valence-electron chi connectivity index (χ0n) is 13.2. The van der Waals surface area contributed by atoms with Crippen molar-refractivity contribution in [3.8, 4) is 17.2 Å². The van der Waals surface area contributed by atoms with Crippen molar-refractivity contribution in [3.63, 3.8) is 0 Å². The first-order valence-corrected chi connectivity index (χ1v) is 8.03. The predicted molar refractivity (Wildman–Crippen MR) is 96.2 cm³/mol. The molecule has 3 aromatic carbocycles. The second-order valence-electron chi connectivity index (χ2n) is 5.11. The second-order valence-corrected chi connectivity index (χ2v) is 6.02. The molecule has 0 unspecified atom stereocenters. The van der Waals surface area contributed by atoms with E-state index in [4.69, 9.17) is 14.2 Å². The molecule has 0 fully saturated rings. The van der Waals surface area contributed by atoms with E-state index in [9.17, 15) is 4.79 Å². The average molecular weight is 387 g/mol. The van der Waals surface area contributed by atoms with Crippen LogP contribution in [0.3, 0.4) is 0 Å². The van der Waals surface area contributed by atoms with Crippen molar-refractivity contribution in [1.82, 2.24) is 0 Å². The first kappa shape index (κ1) is 16.3. The lowest BCUT2D eigenvalue weighted by Crippen LogP contribution is -2.10. The molecule has 5 heteroatoms. The maximum absolute atomic E-state index is 12.5. The number of carbonyl (C=O) groups is 1. The summed E-state index contributed by atoms with van der Waals surface area (Å²) in [4.78, 5) is 12.5. The Bertz CT molecular complexity index is 905. The summed E-state index contributed by atoms with van der Waals surface area (Å²) in [6, 6.07) is 16.4. The molecule has 3 aromatic rings. The van der Waals surface area contributed by atoms with Gasteiger partial charge in [0.1, 0.15) is 22.8 Å². The standard InChI is InChI=1S/C19H15BrO4/c1-22-15-7-8-18(23-2)17(11-15)19(21)24-16-6-4-12-9-14(20)5-3-13(12)10-16/h3-11H,1-2H3. The monoisotopic (exact) mass is 386 g/mol. The van der Waals surface area contributed by atoms with Gasteiger partial charge in [-0.3, -0.25) is 0 Å². The number of esters is 1. The van der Waals surface area contributed by atoms with E-state index in [2.05, 4.69) is 15.9 Å². The maximum Gasteiger partial charge on any atom is 0.347 e. The molecule has 0 spiro atoms. The molecule has 0 aliphatic carbocycles. The quantitative estimate of drug-likeness (QED) is 0.475. The molecule has 4 nitrogen and oxygen atoms in total. The number of rotatable bonds is 4. The molecule has 0 bridgehead atoms. The fraction of sp³-hybridized carbons (Fsp3) is 0.105. The summed E-state index contributed by atoms with van der Waals surface area (Å²) in [6.45, 7) is 0. The summed E-state index contributed by atoms with van der Waals surface area (Å²) in [7, 11) is 3.05. The molecule has 122 valence electrons. The van der Waals surface area contributed by atoms with E-state index in [1.807, 2.05) is 30.3 Å². The van der Waals surface area contributed by atoms with E-state index in [0.717, 1.165) is 15.2 Å². The van der Waals surface area contributed by atoms with Crippen LogP contribution in [0.5, 0.6) is 17.2 Å². The van der Waals surface area contributed by atoms with Crippen molar-refractivity contribution in [3.05, 3.63) is 64.6 Å².